The molecule has 7 heteroatoms. The molecule has 25 heavy (non-hydrogen) atoms. The van der Waals surface area contributed by atoms with E-state index >= 15 is 0 Å². The van der Waals surface area contributed by atoms with Crippen LogP contribution >= 0.6 is 11.8 Å². The summed E-state index contributed by atoms with van der Waals surface area (Å²) in [5.74, 6) is -0.664. The molecule has 128 valence electrons. The van der Waals surface area contributed by atoms with E-state index in [4.69, 9.17) is 5.73 Å². The molecule has 6 nitrogen and oxygen atoms in total. The van der Waals surface area contributed by atoms with Gasteiger partial charge in [-0.25, -0.2) is 4.90 Å². The van der Waals surface area contributed by atoms with Gasteiger partial charge >= 0.3 is 0 Å². The largest absolute Gasteiger partial charge is 0.399 e. The summed E-state index contributed by atoms with van der Waals surface area (Å²) in [6, 6.07) is 13.9. The van der Waals surface area contributed by atoms with Crippen LogP contribution in [0.3, 0.4) is 0 Å². The van der Waals surface area contributed by atoms with E-state index < -0.39 is 5.25 Å². The third-order valence-corrected chi connectivity index (χ3v) is 4.87. The lowest BCUT2D eigenvalue weighted by Gasteiger charge is -2.15. The maximum Gasteiger partial charge on any atom is 0.247 e. The van der Waals surface area contributed by atoms with E-state index in [0.717, 1.165) is 4.90 Å². The minimum Gasteiger partial charge on any atom is -0.399 e. The van der Waals surface area contributed by atoms with Crippen molar-refractivity contribution in [3.05, 3.63) is 48.5 Å². The predicted octanol–water partition coefficient (Wildman–Crippen LogP) is 2.65. The number of nitrogens with one attached hydrogen (secondary N) is 1. The van der Waals surface area contributed by atoms with E-state index in [1.54, 1.807) is 36.4 Å². The van der Waals surface area contributed by atoms with Crippen molar-refractivity contribution >= 4 is 46.5 Å². The molecule has 3 N–H and O–H groups in total. The molecule has 1 aliphatic heterocycles. The lowest BCUT2D eigenvalue weighted by Crippen LogP contribution is -2.31. The summed E-state index contributed by atoms with van der Waals surface area (Å²) in [6.07, 6.45) is 0.145. The Morgan fingerprint density at radius 1 is 1.20 bits per heavy atom. The van der Waals surface area contributed by atoms with Crippen molar-refractivity contribution in [1.29, 1.82) is 0 Å². The summed E-state index contributed by atoms with van der Waals surface area (Å²) in [7, 11) is 0. The van der Waals surface area contributed by atoms with Gasteiger partial charge in [0.15, 0.2) is 0 Å². The smallest absolute Gasteiger partial charge is 0.247 e. The first-order valence-corrected chi connectivity index (χ1v) is 8.58. The third kappa shape index (κ3) is 3.83. The number of hydrogen-bond acceptors (Lipinski definition) is 5. The molecule has 1 unspecified atom stereocenters. The van der Waals surface area contributed by atoms with Crippen LogP contribution in [0.25, 0.3) is 0 Å². The van der Waals surface area contributed by atoms with E-state index in [0.29, 0.717) is 17.1 Å². The van der Waals surface area contributed by atoms with E-state index in [1.807, 2.05) is 12.1 Å². The third-order valence-electron chi connectivity index (χ3n) is 3.69. The SMILES string of the molecule is CC(=O)Nc1ccc(N2C(=O)CC(Sc3cccc(N)c3)C2=O)cc1. The van der Waals surface area contributed by atoms with E-state index in [2.05, 4.69) is 5.32 Å². The van der Waals surface area contributed by atoms with Gasteiger partial charge in [0.2, 0.25) is 17.7 Å². The highest BCUT2D eigenvalue weighted by Gasteiger charge is 2.40. The van der Waals surface area contributed by atoms with Crippen LogP contribution in [0.4, 0.5) is 17.1 Å². The van der Waals surface area contributed by atoms with Gasteiger partial charge in [0.25, 0.3) is 0 Å². The minimum atomic E-state index is -0.468. The zero-order chi connectivity index (χ0) is 18.0. The number of nitrogens with two attached hydrogens (primary N) is 1. The summed E-state index contributed by atoms with van der Waals surface area (Å²) in [4.78, 5) is 38.1. The quantitative estimate of drug-likeness (QED) is 0.650. The second kappa shape index (κ2) is 6.98. The molecule has 2 aromatic carbocycles. The summed E-state index contributed by atoms with van der Waals surface area (Å²) in [5, 5.41) is 2.18. The number of carbonyl (C=O) groups is 3. The van der Waals surface area contributed by atoms with E-state index in [9.17, 15) is 14.4 Å². The maximum atomic E-state index is 12.7. The average molecular weight is 355 g/mol. The van der Waals surface area contributed by atoms with E-state index in [1.165, 1.54) is 23.6 Å². The molecule has 0 aliphatic carbocycles. The number of amides is 3. The van der Waals surface area contributed by atoms with Crippen molar-refractivity contribution < 1.29 is 14.4 Å². The number of imide groups is 1. The molecule has 0 bridgehead atoms. The second-order valence-corrected chi connectivity index (χ2v) is 6.95. The molecule has 1 atom stereocenters. The Morgan fingerprint density at radius 2 is 1.92 bits per heavy atom. The fourth-order valence-electron chi connectivity index (χ4n) is 2.62. The summed E-state index contributed by atoms with van der Waals surface area (Å²) in [6.45, 7) is 1.42. The lowest BCUT2D eigenvalue weighted by atomic mass is 10.2. The Hall–Kier alpha value is -2.80. The molecule has 3 rings (SSSR count). The second-order valence-electron chi connectivity index (χ2n) is 5.68. The van der Waals surface area contributed by atoms with Crippen molar-refractivity contribution in [3.8, 4) is 0 Å². The highest BCUT2D eigenvalue weighted by atomic mass is 32.2. The van der Waals surface area contributed by atoms with Crippen LogP contribution in [-0.4, -0.2) is 23.0 Å². The molecule has 0 aromatic heterocycles. The molecular formula is C18H17N3O3S. The minimum absolute atomic E-state index is 0.145. The molecule has 3 amide bonds. The highest BCUT2D eigenvalue weighted by Crippen LogP contribution is 2.34. The van der Waals surface area contributed by atoms with Crippen molar-refractivity contribution in [3.63, 3.8) is 0 Å². The first-order chi connectivity index (χ1) is 11.9. The molecule has 0 saturated carbocycles. The Morgan fingerprint density at radius 3 is 2.56 bits per heavy atom. The number of carbonyl (C=O) groups excluding carboxylic acids is 3. The zero-order valence-corrected chi connectivity index (χ0v) is 14.4. The topological polar surface area (TPSA) is 92.5 Å². The standard InChI is InChI=1S/C18H17N3O3S/c1-11(22)20-13-5-7-14(8-6-13)21-17(23)10-16(18(21)24)25-15-4-2-3-12(19)9-15/h2-9,16H,10,19H2,1H3,(H,20,22). The number of nitrogens with zero attached hydrogens (tertiary/aromatic N) is 1. The van der Waals surface area contributed by atoms with Crippen LogP contribution in [0.1, 0.15) is 13.3 Å². The number of anilines is 3. The Balaban J connectivity index is 1.76. The van der Waals surface area contributed by atoms with Gasteiger partial charge < -0.3 is 11.1 Å². The average Bonchev–Trinajstić information content (AvgIpc) is 2.82. The molecule has 2 aromatic rings. The van der Waals surface area contributed by atoms with Crippen LogP contribution in [0, 0.1) is 0 Å². The molecule has 1 aliphatic rings. The van der Waals surface area contributed by atoms with Crippen molar-refractivity contribution in [2.45, 2.75) is 23.5 Å². The van der Waals surface area contributed by atoms with Crippen LogP contribution < -0.4 is 16.0 Å². The Kier molecular flexibility index (Phi) is 4.76. The van der Waals surface area contributed by atoms with Gasteiger partial charge in [0, 0.05) is 29.6 Å². The van der Waals surface area contributed by atoms with Crippen LogP contribution in [0.15, 0.2) is 53.4 Å². The molecular weight excluding hydrogens is 338 g/mol. The van der Waals surface area contributed by atoms with Gasteiger partial charge in [-0.1, -0.05) is 6.07 Å². The first kappa shape index (κ1) is 17.0. The monoisotopic (exact) mass is 355 g/mol. The molecule has 0 radical (unpaired) electrons. The van der Waals surface area contributed by atoms with Crippen LogP contribution in [0.5, 0.6) is 0 Å². The first-order valence-electron chi connectivity index (χ1n) is 7.70. The fourth-order valence-corrected chi connectivity index (χ4v) is 3.74. The molecule has 0 spiro atoms. The van der Waals surface area contributed by atoms with Crippen molar-refractivity contribution in [2.75, 3.05) is 16.0 Å². The summed E-state index contributed by atoms with van der Waals surface area (Å²) in [5.41, 5.74) is 7.49. The zero-order valence-electron chi connectivity index (χ0n) is 13.6. The predicted molar refractivity (Wildman–Crippen MR) is 98.4 cm³/mol. The van der Waals surface area contributed by atoms with E-state index in [-0.39, 0.29) is 24.1 Å². The number of benzene rings is 2. The fraction of sp³-hybridized carbons (Fsp3) is 0.167. The lowest BCUT2D eigenvalue weighted by molar-refractivity contribution is -0.121. The molecule has 1 saturated heterocycles. The maximum absolute atomic E-state index is 12.7. The van der Waals surface area contributed by atoms with Crippen molar-refractivity contribution in [1.82, 2.24) is 0 Å². The normalized spacial score (nSPS) is 17.0. The Bertz CT molecular complexity index is 836. The van der Waals surface area contributed by atoms with Gasteiger partial charge in [0.05, 0.1) is 10.9 Å². The van der Waals surface area contributed by atoms with Crippen molar-refractivity contribution in [2.24, 2.45) is 0 Å². The van der Waals surface area contributed by atoms with Gasteiger partial charge in [-0.05, 0) is 42.5 Å². The number of hydrogen-bond donors (Lipinski definition) is 2. The Labute approximate surface area is 149 Å². The summed E-state index contributed by atoms with van der Waals surface area (Å²) < 4.78 is 0. The van der Waals surface area contributed by atoms with Gasteiger partial charge in [-0.15, -0.1) is 11.8 Å². The van der Waals surface area contributed by atoms with Gasteiger partial charge in [-0.3, -0.25) is 14.4 Å². The summed E-state index contributed by atoms with van der Waals surface area (Å²) >= 11 is 1.34. The number of nitrogen functional groups attached to an aromatic ring is 1. The van der Waals surface area contributed by atoms with Gasteiger partial charge in [-0.2, -0.15) is 0 Å². The highest BCUT2D eigenvalue weighted by molar-refractivity contribution is 8.00. The number of rotatable bonds is 4. The van der Waals surface area contributed by atoms with Crippen LogP contribution in [-0.2, 0) is 14.4 Å². The van der Waals surface area contributed by atoms with Gasteiger partial charge in [0.1, 0.15) is 0 Å². The van der Waals surface area contributed by atoms with Crippen LogP contribution in [0.2, 0.25) is 0 Å². The number of thioether (sulfide) groups is 1. The molecule has 1 heterocycles. The molecule has 1 fully saturated rings.